The summed E-state index contributed by atoms with van der Waals surface area (Å²) in [5, 5.41) is 1.03. The van der Waals surface area contributed by atoms with E-state index in [0.717, 1.165) is 39.7 Å². The van der Waals surface area contributed by atoms with E-state index < -0.39 is 6.04 Å². The van der Waals surface area contributed by atoms with Gasteiger partial charge in [-0.25, -0.2) is 0 Å². The maximum Gasteiger partial charge on any atom is 0.255 e. The molecule has 1 aromatic heterocycles. The minimum atomic E-state index is -0.403. The van der Waals surface area contributed by atoms with Crippen molar-refractivity contribution in [3.8, 4) is 11.3 Å². The van der Waals surface area contributed by atoms with Crippen molar-refractivity contribution in [3.05, 3.63) is 95.6 Å². The fourth-order valence-electron chi connectivity index (χ4n) is 5.45. The molecule has 3 heterocycles. The molecule has 7 nitrogen and oxygen atoms in total. The van der Waals surface area contributed by atoms with Crippen LogP contribution in [0.2, 0.25) is 0 Å². The van der Waals surface area contributed by atoms with E-state index >= 15 is 0 Å². The molecule has 2 aliphatic rings. The van der Waals surface area contributed by atoms with Crippen molar-refractivity contribution in [2.45, 2.75) is 6.04 Å². The van der Waals surface area contributed by atoms with E-state index in [2.05, 4.69) is 23.2 Å². The van der Waals surface area contributed by atoms with Gasteiger partial charge in [0, 0.05) is 48.2 Å². The Morgan fingerprint density at radius 2 is 1.58 bits per heavy atom. The highest BCUT2D eigenvalue weighted by atomic mass is 16.2. The van der Waals surface area contributed by atoms with Crippen molar-refractivity contribution < 1.29 is 14.4 Å². The van der Waals surface area contributed by atoms with Gasteiger partial charge in [0.25, 0.3) is 5.91 Å². The van der Waals surface area contributed by atoms with E-state index in [9.17, 15) is 14.4 Å². The van der Waals surface area contributed by atoms with Gasteiger partial charge in [-0.2, -0.15) is 0 Å². The maximum absolute atomic E-state index is 13.7. The highest BCUT2D eigenvalue weighted by Gasteiger charge is 2.41. The lowest BCUT2D eigenvalue weighted by Gasteiger charge is -2.34. The molecule has 1 fully saturated rings. The van der Waals surface area contributed by atoms with Gasteiger partial charge in [-0.15, -0.1) is 0 Å². The smallest absolute Gasteiger partial charge is 0.255 e. The van der Waals surface area contributed by atoms with Crippen LogP contribution >= 0.6 is 0 Å². The van der Waals surface area contributed by atoms with Gasteiger partial charge in [-0.3, -0.25) is 14.4 Å². The van der Waals surface area contributed by atoms with Crippen LogP contribution in [0, 0.1) is 0 Å². The summed E-state index contributed by atoms with van der Waals surface area (Å²) in [6.45, 7) is 1.94. The molecule has 0 aliphatic carbocycles. The molecule has 1 N–H and O–H groups in total. The standard InChI is InChI=1S/C29H26N4O3/c34-19-31-14-16-32(17-15-31)25(35)18-33-28(21-10-4-5-11-22(21)29(33)36)26-23-12-6-7-13-24(23)30-27(26)20-8-2-1-3-9-20/h1-13,19,28,30H,14-18H2/t28-/m0/s1. The number of nitrogens with one attached hydrogen (secondary N) is 1. The van der Waals surface area contributed by atoms with Crippen molar-refractivity contribution >= 4 is 29.1 Å². The molecule has 0 spiro atoms. The van der Waals surface area contributed by atoms with E-state index in [1.807, 2.05) is 60.7 Å². The number of carbonyl (C=O) groups is 3. The monoisotopic (exact) mass is 478 g/mol. The first-order valence-electron chi connectivity index (χ1n) is 12.2. The Balaban J connectivity index is 1.45. The molecular formula is C29H26N4O3. The maximum atomic E-state index is 13.7. The number of benzene rings is 3. The summed E-state index contributed by atoms with van der Waals surface area (Å²) in [5.74, 6) is -0.243. The summed E-state index contributed by atoms with van der Waals surface area (Å²) in [6.07, 6.45) is 0.820. The zero-order valence-corrected chi connectivity index (χ0v) is 19.8. The lowest BCUT2D eigenvalue weighted by molar-refractivity contribution is -0.135. The predicted molar refractivity (Wildman–Crippen MR) is 137 cm³/mol. The third-order valence-electron chi connectivity index (χ3n) is 7.26. The molecule has 2 aliphatic heterocycles. The second-order valence-electron chi connectivity index (χ2n) is 9.27. The van der Waals surface area contributed by atoms with Gasteiger partial charge < -0.3 is 19.7 Å². The van der Waals surface area contributed by atoms with Crippen LogP contribution in [0.25, 0.3) is 22.2 Å². The molecule has 0 saturated carbocycles. The fraction of sp³-hybridized carbons (Fsp3) is 0.207. The van der Waals surface area contributed by atoms with Crippen LogP contribution in [0.5, 0.6) is 0 Å². The number of hydrogen-bond donors (Lipinski definition) is 1. The molecule has 0 radical (unpaired) electrons. The first-order valence-corrected chi connectivity index (χ1v) is 12.2. The third-order valence-corrected chi connectivity index (χ3v) is 7.26. The summed E-state index contributed by atoms with van der Waals surface area (Å²) in [4.78, 5) is 46.9. The van der Waals surface area contributed by atoms with Crippen LogP contribution in [0.4, 0.5) is 0 Å². The zero-order chi connectivity index (χ0) is 24.6. The molecule has 7 heteroatoms. The number of H-pyrrole nitrogens is 1. The van der Waals surface area contributed by atoms with Gasteiger partial charge in [0.15, 0.2) is 0 Å². The van der Waals surface area contributed by atoms with Crippen molar-refractivity contribution in [2.75, 3.05) is 32.7 Å². The highest BCUT2D eigenvalue weighted by Crippen LogP contribution is 2.45. The molecule has 1 saturated heterocycles. The molecule has 0 unspecified atom stereocenters. The van der Waals surface area contributed by atoms with Gasteiger partial charge in [0.2, 0.25) is 12.3 Å². The van der Waals surface area contributed by atoms with Gasteiger partial charge in [-0.1, -0.05) is 66.7 Å². The van der Waals surface area contributed by atoms with Crippen LogP contribution in [0.15, 0.2) is 78.9 Å². The Bertz CT molecular complexity index is 1450. The normalized spacial score (nSPS) is 17.5. The number of nitrogens with zero attached hydrogens (tertiary/aromatic N) is 3. The van der Waals surface area contributed by atoms with Crippen molar-refractivity contribution in [1.82, 2.24) is 19.7 Å². The first-order chi connectivity index (χ1) is 17.7. The Labute approximate surface area is 208 Å². The van der Waals surface area contributed by atoms with Gasteiger partial charge in [0.05, 0.1) is 11.7 Å². The molecule has 3 aromatic carbocycles. The second-order valence-corrected chi connectivity index (χ2v) is 9.27. The van der Waals surface area contributed by atoms with E-state index in [-0.39, 0.29) is 18.4 Å². The lowest BCUT2D eigenvalue weighted by Crippen LogP contribution is -2.51. The number of fused-ring (bicyclic) bond motifs is 2. The molecule has 6 rings (SSSR count). The minimum absolute atomic E-state index is 0.0208. The molecule has 4 aromatic rings. The van der Waals surface area contributed by atoms with Crippen LogP contribution in [-0.4, -0.2) is 70.6 Å². The Kier molecular flexibility index (Phi) is 5.52. The average Bonchev–Trinajstić information content (AvgIpc) is 3.44. The molecule has 0 bridgehead atoms. The van der Waals surface area contributed by atoms with Crippen molar-refractivity contribution in [3.63, 3.8) is 0 Å². The minimum Gasteiger partial charge on any atom is -0.354 e. The van der Waals surface area contributed by atoms with Gasteiger partial charge >= 0.3 is 0 Å². The summed E-state index contributed by atoms with van der Waals surface area (Å²) < 4.78 is 0. The van der Waals surface area contributed by atoms with E-state index in [1.165, 1.54) is 0 Å². The SMILES string of the molecule is O=CN1CCN(C(=O)CN2C(=O)c3ccccc3[C@H]2c2c(-c3ccccc3)[nH]c3ccccc23)CC1. The van der Waals surface area contributed by atoms with Gasteiger partial charge in [-0.05, 0) is 23.3 Å². The van der Waals surface area contributed by atoms with Crippen molar-refractivity contribution in [1.29, 1.82) is 0 Å². The number of hydrogen-bond acceptors (Lipinski definition) is 3. The van der Waals surface area contributed by atoms with E-state index in [0.29, 0.717) is 31.7 Å². The third kappa shape index (κ3) is 3.64. The second kappa shape index (κ2) is 9.00. The van der Waals surface area contributed by atoms with Crippen LogP contribution < -0.4 is 0 Å². The van der Waals surface area contributed by atoms with Crippen LogP contribution in [-0.2, 0) is 9.59 Å². The van der Waals surface area contributed by atoms with Crippen LogP contribution in [0.1, 0.15) is 27.5 Å². The topological polar surface area (TPSA) is 76.7 Å². The molecule has 1 atom stereocenters. The highest BCUT2D eigenvalue weighted by molar-refractivity contribution is 6.03. The van der Waals surface area contributed by atoms with E-state index in [4.69, 9.17) is 0 Å². The summed E-state index contributed by atoms with van der Waals surface area (Å²) in [7, 11) is 0. The molecule has 180 valence electrons. The first kappa shape index (κ1) is 22.1. The average molecular weight is 479 g/mol. The summed E-state index contributed by atoms with van der Waals surface area (Å²) in [6, 6.07) is 25.4. The fourth-order valence-corrected chi connectivity index (χ4v) is 5.45. The van der Waals surface area contributed by atoms with Gasteiger partial charge in [0.1, 0.15) is 6.54 Å². The molecule has 36 heavy (non-hydrogen) atoms. The number of amides is 3. The number of aromatic nitrogens is 1. The quantitative estimate of drug-likeness (QED) is 0.445. The number of carbonyl (C=O) groups excluding carboxylic acids is 3. The Morgan fingerprint density at radius 1 is 0.889 bits per heavy atom. The Hall–Kier alpha value is -4.39. The number of rotatable bonds is 5. The predicted octanol–water partition coefficient (Wildman–Crippen LogP) is 3.68. The zero-order valence-electron chi connectivity index (χ0n) is 19.8. The molecular weight excluding hydrogens is 452 g/mol. The van der Waals surface area contributed by atoms with E-state index in [1.54, 1.807) is 14.7 Å². The molecule has 3 amide bonds. The number of piperazine rings is 1. The lowest BCUT2D eigenvalue weighted by atomic mass is 9.93. The largest absolute Gasteiger partial charge is 0.354 e. The number of para-hydroxylation sites is 1. The van der Waals surface area contributed by atoms with Crippen molar-refractivity contribution in [2.24, 2.45) is 0 Å². The summed E-state index contributed by atoms with van der Waals surface area (Å²) >= 11 is 0. The van der Waals surface area contributed by atoms with Crippen LogP contribution in [0.3, 0.4) is 0 Å². The number of aromatic amines is 1. The Morgan fingerprint density at radius 3 is 2.36 bits per heavy atom. The summed E-state index contributed by atoms with van der Waals surface area (Å²) in [5.41, 5.74) is 5.49.